The van der Waals surface area contributed by atoms with Crippen molar-refractivity contribution in [2.75, 3.05) is 5.75 Å². The van der Waals surface area contributed by atoms with Gasteiger partial charge in [-0.1, -0.05) is 79.7 Å². The molecule has 0 bridgehead atoms. The summed E-state index contributed by atoms with van der Waals surface area (Å²) in [5, 5.41) is 23.0. The van der Waals surface area contributed by atoms with Crippen LogP contribution in [0.3, 0.4) is 0 Å². The van der Waals surface area contributed by atoms with E-state index in [1.54, 1.807) is 18.2 Å². The molecule has 0 spiro atoms. The molecule has 0 unspecified atom stereocenters. The molecule has 220 valence electrons. The summed E-state index contributed by atoms with van der Waals surface area (Å²) in [7, 11) is 0. The molecule has 5 aromatic rings. The van der Waals surface area contributed by atoms with Gasteiger partial charge >= 0.3 is 5.97 Å². The van der Waals surface area contributed by atoms with E-state index < -0.39 is 5.97 Å². The Labute approximate surface area is 256 Å². The van der Waals surface area contributed by atoms with Gasteiger partial charge in [0.15, 0.2) is 0 Å². The highest BCUT2D eigenvalue weighted by Crippen LogP contribution is 2.27. The van der Waals surface area contributed by atoms with Crippen LogP contribution in [-0.2, 0) is 26.0 Å². The lowest BCUT2D eigenvalue weighted by Gasteiger charge is -2.17. The monoisotopic (exact) mass is 593 g/mol. The molecular weight excluding hydrogens is 558 g/mol. The fourth-order valence-electron chi connectivity index (χ4n) is 5.41. The fraction of sp³-hybridized carbons (Fsp3) is 0.229. The summed E-state index contributed by atoms with van der Waals surface area (Å²) < 4.78 is 2.11. The molecular formula is C35H35N3O4S. The number of rotatable bonds is 12. The molecule has 1 aromatic heterocycles. The van der Waals surface area contributed by atoms with E-state index in [0.717, 1.165) is 40.9 Å². The van der Waals surface area contributed by atoms with E-state index >= 15 is 0 Å². The Hall–Kier alpha value is -4.40. The van der Waals surface area contributed by atoms with Crippen LogP contribution in [0.1, 0.15) is 56.6 Å². The molecule has 0 aliphatic carbocycles. The van der Waals surface area contributed by atoms with E-state index in [0.29, 0.717) is 40.9 Å². The van der Waals surface area contributed by atoms with Gasteiger partial charge in [0.25, 0.3) is 5.91 Å². The van der Waals surface area contributed by atoms with Gasteiger partial charge in [0.05, 0.1) is 23.2 Å². The first-order valence-electron chi connectivity index (χ1n) is 14.4. The molecule has 1 heterocycles. The molecule has 0 saturated carbocycles. The van der Waals surface area contributed by atoms with E-state index in [-0.39, 0.29) is 24.1 Å². The number of aromatic carboxylic acids is 1. The van der Waals surface area contributed by atoms with E-state index in [1.165, 1.54) is 0 Å². The van der Waals surface area contributed by atoms with Crippen molar-refractivity contribution in [2.45, 2.75) is 45.4 Å². The summed E-state index contributed by atoms with van der Waals surface area (Å²) in [6, 6.07) is 28.2. The summed E-state index contributed by atoms with van der Waals surface area (Å²) in [5.74, 6) is 0.176. The number of fused-ring (bicyclic) bond motifs is 1. The Bertz CT molecular complexity index is 1730. The van der Waals surface area contributed by atoms with Crippen molar-refractivity contribution < 1.29 is 19.8 Å². The number of carbonyl (C=O) groups is 2. The zero-order valence-corrected chi connectivity index (χ0v) is 24.9. The topological polar surface area (TPSA) is 104 Å². The van der Waals surface area contributed by atoms with Crippen molar-refractivity contribution in [3.05, 3.63) is 125 Å². The van der Waals surface area contributed by atoms with Gasteiger partial charge in [-0.3, -0.25) is 4.79 Å². The second-order valence-electron chi connectivity index (χ2n) is 10.6. The Morgan fingerprint density at radius 2 is 1.67 bits per heavy atom. The number of carboxylic acid groups (broad SMARTS) is 1. The van der Waals surface area contributed by atoms with Crippen LogP contribution in [-0.4, -0.2) is 43.4 Å². The van der Waals surface area contributed by atoms with Crippen LogP contribution < -0.4 is 5.32 Å². The van der Waals surface area contributed by atoms with Crippen LogP contribution >= 0.6 is 12.6 Å². The summed E-state index contributed by atoms with van der Waals surface area (Å²) in [6.45, 7) is 2.36. The van der Waals surface area contributed by atoms with Gasteiger partial charge in [-0.15, -0.1) is 0 Å². The van der Waals surface area contributed by atoms with Gasteiger partial charge in [0.2, 0.25) is 0 Å². The van der Waals surface area contributed by atoms with Crippen molar-refractivity contribution >= 4 is 35.5 Å². The molecule has 8 heteroatoms. The zero-order chi connectivity index (χ0) is 30.3. The highest BCUT2D eigenvalue weighted by atomic mass is 32.1. The van der Waals surface area contributed by atoms with Crippen molar-refractivity contribution in [1.82, 2.24) is 14.9 Å². The third-order valence-corrected chi connectivity index (χ3v) is 8.00. The highest BCUT2D eigenvalue weighted by Gasteiger charge is 2.20. The number of benzene rings is 4. The van der Waals surface area contributed by atoms with Crippen LogP contribution in [0.4, 0.5) is 0 Å². The third kappa shape index (κ3) is 6.82. The summed E-state index contributed by atoms with van der Waals surface area (Å²) in [6.07, 6.45) is 2.29. The molecule has 5 rings (SSSR count). The number of thiol groups is 1. The molecule has 0 saturated heterocycles. The largest absolute Gasteiger partial charge is 0.478 e. The first-order valence-corrected chi connectivity index (χ1v) is 15.0. The SMILES string of the molecule is CCCc1nc2c(CO)cc(C(=O)N[C@@H](CS)Cc3ccccc3)cc2n1Cc1ccc(-c2ccccc2C(=O)O)cc1. The Morgan fingerprint density at radius 1 is 0.953 bits per heavy atom. The third-order valence-electron chi connectivity index (χ3n) is 7.56. The highest BCUT2D eigenvalue weighted by molar-refractivity contribution is 7.80. The average molecular weight is 594 g/mol. The number of nitrogens with zero attached hydrogens (tertiary/aromatic N) is 2. The van der Waals surface area contributed by atoms with Gasteiger partial charge in [0.1, 0.15) is 5.82 Å². The number of aliphatic hydroxyl groups is 1. The number of amides is 1. The maximum absolute atomic E-state index is 13.5. The maximum Gasteiger partial charge on any atom is 0.336 e. The molecule has 43 heavy (non-hydrogen) atoms. The lowest BCUT2D eigenvalue weighted by Crippen LogP contribution is -2.37. The quantitative estimate of drug-likeness (QED) is 0.130. The number of aliphatic hydroxyl groups excluding tert-OH is 1. The minimum absolute atomic E-state index is 0.156. The standard InChI is InChI=1S/C35H35N3O4S/c1-2-8-32-37-33-27(21-39)18-26(34(40)36-28(22-43)17-23-9-4-3-5-10-23)19-31(33)38(32)20-24-13-15-25(16-14-24)29-11-6-7-12-30(29)35(41)42/h3-7,9-16,18-19,28,39,43H,2,8,17,20-22H2,1H3,(H,36,40)(H,41,42)/t28-/m1/s1. The molecule has 7 nitrogen and oxygen atoms in total. The van der Waals surface area contributed by atoms with Gasteiger partial charge in [0, 0.05) is 35.9 Å². The maximum atomic E-state index is 13.5. The fourth-order valence-corrected chi connectivity index (χ4v) is 5.63. The van der Waals surface area contributed by atoms with Crippen molar-refractivity contribution in [1.29, 1.82) is 0 Å². The number of carboxylic acids is 1. The number of carbonyl (C=O) groups excluding carboxylic acids is 1. The number of nitrogens with one attached hydrogen (secondary N) is 1. The average Bonchev–Trinajstić information content (AvgIpc) is 3.37. The number of aromatic nitrogens is 2. The Morgan fingerprint density at radius 3 is 2.35 bits per heavy atom. The van der Waals surface area contributed by atoms with Crippen molar-refractivity contribution in [3.63, 3.8) is 0 Å². The summed E-state index contributed by atoms with van der Waals surface area (Å²) in [5.41, 5.74) is 6.40. The molecule has 0 aliphatic rings. The smallest absolute Gasteiger partial charge is 0.336 e. The molecule has 1 amide bonds. The lowest BCUT2D eigenvalue weighted by molar-refractivity contribution is 0.0697. The predicted octanol–water partition coefficient (Wildman–Crippen LogP) is 6.17. The van der Waals surface area contributed by atoms with Crippen LogP contribution in [0.5, 0.6) is 0 Å². The molecule has 0 fully saturated rings. The van der Waals surface area contributed by atoms with Crippen molar-refractivity contribution in [3.8, 4) is 11.1 Å². The van der Waals surface area contributed by atoms with E-state index in [4.69, 9.17) is 4.98 Å². The van der Waals surface area contributed by atoms with Crippen LogP contribution in [0, 0.1) is 0 Å². The molecule has 0 radical (unpaired) electrons. The lowest BCUT2D eigenvalue weighted by atomic mass is 9.98. The van der Waals surface area contributed by atoms with Gasteiger partial charge in [-0.25, -0.2) is 9.78 Å². The number of hydrogen-bond donors (Lipinski definition) is 4. The van der Waals surface area contributed by atoms with E-state index in [1.807, 2.05) is 72.8 Å². The number of hydrogen-bond acceptors (Lipinski definition) is 5. The Balaban J connectivity index is 1.46. The normalized spacial score (nSPS) is 11.9. The van der Waals surface area contributed by atoms with E-state index in [2.05, 4.69) is 29.4 Å². The van der Waals surface area contributed by atoms with Crippen molar-refractivity contribution in [2.24, 2.45) is 0 Å². The summed E-state index contributed by atoms with van der Waals surface area (Å²) >= 11 is 4.48. The van der Waals surface area contributed by atoms with Crippen LogP contribution in [0.15, 0.2) is 91.0 Å². The first kappa shape index (κ1) is 30.1. The minimum Gasteiger partial charge on any atom is -0.478 e. The molecule has 4 aromatic carbocycles. The van der Waals surface area contributed by atoms with Gasteiger partial charge in [-0.05, 0) is 53.3 Å². The van der Waals surface area contributed by atoms with Crippen LogP contribution in [0.25, 0.3) is 22.2 Å². The van der Waals surface area contributed by atoms with Crippen LogP contribution in [0.2, 0.25) is 0 Å². The molecule has 1 atom stereocenters. The first-order chi connectivity index (χ1) is 20.9. The number of aryl methyl sites for hydroxylation is 1. The predicted molar refractivity (Wildman–Crippen MR) is 173 cm³/mol. The van der Waals surface area contributed by atoms with Gasteiger partial charge < -0.3 is 20.1 Å². The Kier molecular flexibility index (Phi) is 9.59. The second kappa shape index (κ2) is 13.7. The van der Waals surface area contributed by atoms with E-state index in [9.17, 15) is 19.8 Å². The van der Waals surface area contributed by atoms with Gasteiger partial charge in [-0.2, -0.15) is 12.6 Å². The number of imidazole rings is 1. The summed E-state index contributed by atoms with van der Waals surface area (Å²) in [4.78, 5) is 30.1. The zero-order valence-electron chi connectivity index (χ0n) is 24.0. The molecule has 3 N–H and O–H groups in total. The second-order valence-corrected chi connectivity index (χ2v) is 11.0. The molecule has 0 aliphatic heterocycles. The minimum atomic E-state index is -0.964.